The minimum absolute atomic E-state index is 0.291. The van der Waals surface area contributed by atoms with Crippen LogP contribution in [-0.4, -0.2) is 32.2 Å². The van der Waals surface area contributed by atoms with Gasteiger partial charge in [-0.1, -0.05) is 13.0 Å². The number of ether oxygens (including phenoxy) is 3. The number of benzene rings is 2. The van der Waals surface area contributed by atoms with Gasteiger partial charge in [0.15, 0.2) is 6.10 Å². The van der Waals surface area contributed by atoms with E-state index in [0.717, 1.165) is 0 Å². The monoisotopic (exact) mass is 358 g/mol. The highest BCUT2D eigenvalue weighted by atomic mass is 16.5. The lowest BCUT2D eigenvalue weighted by atomic mass is 10.2. The summed E-state index contributed by atoms with van der Waals surface area (Å²) >= 11 is 0. The van der Waals surface area contributed by atoms with Crippen molar-refractivity contribution in [2.24, 2.45) is 0 Å². The van der Waals surface area contributed by atoms with E-state index < -0.39 is 18.0 Å². The van der Waals surface area contributed by atoms with Crippen LogP contribution in [0.5, 0.6) is 11.5 Å². The lowest BCUT2D eigenvalue weighted by Gasteiger charge is -2.17. The molecule has 2 aromatic rings. The van der Waals surface area contributed by atoms with Crippen molar-refractivity contribution in [1.82, 2.24) is 0 Å². The van der Waals surface area contributed by atoms with Crippen molar-refractivity contribution < 1.29 is 23.8 Å². The molecule has 0 heterocycles. The quantitative estimate of drug-likeness (QED) is 0.583. The number of amides is 1. The third-order valence-electron chi connectivity index (χ3n) is 3.65. The summed E-state index contributed by atoms with van der Waals surface area (Å²) in [5.74, 6) is 0.0106. The average Bonchev–Trinajstić information content (AvgIpc) is 2.65. The molecular weight excluding hydrogens is 336 g/mol. The molecular formula is C19H22N2O5. The molecule has 2 aromatic carbocycles. The Kier molecular flexibility index (Phi) is 6.43. The highest BCUT2D eigenvalue weighted by Crippen LogP contribution is 2.26. The van der Waals surface area contributed by atoms with Crippen LogP contribution in [0, 0.1) is 0 Å². The minimum Gasteiger partial charge on any atom is -0.497 e. The predicted octanol–water partition coefficient (Wildman–Crippen LogP) is 2.86. The van der Waals surface area contributed by atoms with Crippen molar-refractivity contribution in [2.45, 2.75) is 19.4 Å². The molecule has 0 aliphatic carbocycles. The zero-order chi connectivity index (χ0) is 19.1. The first-order chi connectivity index (χ1) is 12.5. The Bertz CT molecular complexity index is 769. The maximum absolute atomic E-state index is 12.5. The van der Waals surface area contributed by atoms with Gasteiger partial charge in [-0.15, -0.1) is 0 Å². The molecule has 1 amide bonds. The van der Waals surface area contributed by atoms with Gasteiger partial charge in [-0.2, -0.15) is 0 Å². The van der Waals surface area contributed by atoms with Crippen LogP contribution >= 0.6 is 0 Å². The number of nitrogens with one attached hydrogen (secondary N) is 1. The Labute approximate surface area is 152 Å². The Morgan fingerprint density at radius 1 is 1.08 bits per heavy atom. The lowest BCUT2D eigenvalue weighted by Crippen LogP contribution is -2.32. The molecule has 2 rings (SSSR count). The number of esters is 1. The highest BCUT2D eigenvalue weighted by Gasteiger charge is 2.22. The Morgan fingerprint density at radius 3 is 2.27 bits per heavy atom. The number of hydrogen-bond donors (Lipinski definition) is 2. The molecule has 0 saturated carbocycles. The summed E-state index contributed by atoms with van der Waals surface area (Å²) < 4.78 is 15.7. The maximum atomic E-state index is 12.5. The van der Waals surface area contributed by atoms with E-state index >= 15 is 0 Å². The van der Waals surface area contributed by atoms with Crippen molar-refractivity contribution in [1.29, 1.82) is 0 Å². The number of nitrogens with two attached hydrogens (primary N) is 1. The van der Waals surface area contributed by atoms with Crippen LogP contribution in [0.25, 0.3) is 0 Å². The summed E-state index contributed by atoms with van der Waals surface area (Å²) in [5.41, 5.74) is 6.88. The van der Waals surface area contributed by atoms with Crippen molar-refractivity contribution in [3.8, 4) is 11.5 Å². The highest BCUT2D eigenvalue weighted by molar-refractivity contribution is 5.98. The average molecular weight is 358 g/mol. The van der Waals surface area contributed by atoms with E-state index in [1.54, 1.807) is 43.3 Å². The fraction of sp³-hybridized carbons (Fsp3) is 0.263. The topological polar surface area (TPSA) is 99.9 Å². The zero-order valence-electron chi connectivity index (χ0n) is 14.9. The molecule has 26 heavy (non-hydrogen) atoms. The zero-order valence-corrected chi connectivity index (χ0v) is 14.9. The Morgan fingerprint density at radius 2 is 1.73 bits per heavy atom. The number of rotatable bonds is 7. The Hall–Kier alpha value is -3.22. The van der Waals surface area contributed by atoms with Crippen LogP contribution in [0.3, 0.4) is 0 Å². The second-order valence-corrected chi connectivity index (χ2v) is 5.52. The van der Waals surface area contributed by atoms with Gasteiger partial charge in [0.25, 0.3) is 5.91 Å². The maximum Gasteiger partial charge on any atom is 0.338 e. The molecule has 0 saturated heterocycles. The molecule has 0 radical (unpaired) electrons. The molecule has 3 N–H and O–H groups in total. The van der Waals surface area contributed by atoms with E-state index in [1.807, 2.05) is 0 Å². The van der Waals surface area contributed by atoms with Crippen LogP contribution in [0.2, 0.25) is 0 Å². The summed E-state index contributed by atoms with van der Waals surface area (Å²) in [5, 5.41) is 2.71. The molecule has 7 nitrogen and oxygen atoms in total. The standard InChI is InChI=1S/C19H22N2O5/c1-4-17(26-19(23)12-6-5-7-13(20)8-12)18(22)21-14-9-15(24-2)11-16(10-14)25-3/h5-11,17H,4,20H2,1-3H3,(H,21,22). The summed E-state index contributed by atoms with van der Waals surface area (Å²) in [6.07, 6.45) is -0.623. The third kappa shape index (κ3) is 4.89. The first kappa shape index (κ1) is 19.1. The normalized spacial score (nSPS) is 11.3. The number of hydrogen-bond acceptors (Lipinski definition) is 6. The number of nitrogen functional groups attached to an aromatic ring is 1. The third-order valence-corrected chi connectivity index (χ3v) is 3.65. The molecule has 0 bridgehead atoms. The first-order valence-corrected chi connectivity index (χ1v) is 8.07. The molecule has 0 aliphatic heterocycles. The molecule has 0 aromatic heterocycles. The van der Waals surface area contributed by atoms with Crippen molar-refractivity contribution in [3.63, 3.8) is 0 Å². The van der Waals surface area contributed by atoms with Gasteiger partial charge in [-0.05, 0) is 24.6 Å². The van der Waals surface area contributed by atoms with Gasteiger partial charge in [0.1, 0.15) is 11.5 Å². The minimum atomic E-state index is -0.943. The lowest BCUT2D eigenvalue weighted by molar-refractivity contribution is -0.124. The fourth-order valence-electron chi connectivity index (χ4n) is 2.29. The number of methoxy groups -OCH3 is 2. The van der Waals surface area contributed by atoms with Gasteiger partial charge in [-0.3, -0.25) is 4.79 Å². The van der Waals surface area contributed by atoms with Crippen LogP contribution in [0.1, 0.15) is 23.7 Å². The molecule has 0 spiro atoms. The molecule has 138 valence electrons. The van der Waals surface area contributed by atoms with E-state index in [9.17, 15) is 9.59 Å². The molecule has 1 unspecified atom stereocenters. The summed E-state index contributed by atoms with van der Waals surface area (Å²) in [7, 11) is 3.03. The fourth-order valence-corrected chi connectivity index (χ4v) is 2.29. The van der Waals surface area contributed by atoms with E-state index in [1.165, 1.54) is 20.3 Å². The van der Waals surface area contributed by atoms with E-state index in [4.69, 9.17) is 19.9 Å². The van der Waals surface area contributed by atoms with Crippen LogP contribution in [0.4, 0.5) is 11.4 Å². The molecule has 1 atom stereocenters. The molecule has 0 aliphatic rings. The van der Waals surface area contributed by atoms with Crippen molar-refractivity contribution in [2.75, 3.05) is 25.3 Å². The van der Waals surface area contributed by atoms with E-state index in [2.05, 4.69) is 5.32 Å². The summed E-state index contributed by atoms with van der Waals surface area (Å²) in [6.45, 7) is 1.75. The molecule has 0 fully saturated rings. The van der Waals surface area contributed by atoms with Gasteiger partial charge >= 0.3 is 5.97 Å². The van der Waals surface area contributed by atoms with Gasteiger partial charge in [0.05, 0.1) is 19.8 Å². The predicted molar refractivity (Wildman–Crippen MR) is 98.5 cm³/mol. The van der Waals surface area contributed by atoms with Gasteiger partial charge in [-0.25, -0.2) is 4.79 Å². The molecule has 7 heteroatoms. The van der Waals surface area contributed by atoms with Crippen molar-refractivity contribution >= 4 is 23.3 Å². The first-order valence-electron chi connectivity index (χ1n) is 8.07. The smallest absolute Gasteiger partial charge is 0.338 e. The van der Waals surface area contributed by atoms with Crippen LogP contribution < -0.4 is 20.5 Å². The van der Waals surface area contributed by atoms with Gasteiger partial charge in [0, 0.05) is 29.6 Å². The van der Waals surface area contributed by atoms with E-state index in [-0.39, 0.29) is 0 Å². The number of anilines is 2. The van der Waals surface area contributed by atoms with Crippen LogP contribution in [0.15, 0.2) is 42.5 Å². The van der Waals surface area contributed by atoms with E-state index in [0.29, 0.717) is 34.9 Å². The largest absolute Gasteiger partial charge is 0.497 e. The second-order valence-electron chi connectivity index (χ2n) is 5.52. The van der Waals surface area contributed by atoms with Gasteiger partial charge < -0.3 is 25.3 Å². The second kappa shape index (κ2) is 8.75. The summed E-state index contributed by atoms with van der Waals surface area (Å²) in [6, 6.07) is 11.4. The van der Waals surface area contributed by atoms with Crippen molar-refractivity contribution in [3.05, 3.63) is 48.0 Å². The summed E-state index contributed by atoms with van der Waals surface area (Å²) in [4.78, 5) is 24.7. The number of carbonyl (C=O) groups excluding carboxylic acids is 2. The van der Waals surface area contributed by atoms with Gasteiger partial charge in [0.2, 0.25) is 0 Å². The Balaban J connectivity index is 2.10. The SMILES string of the molecule is CCC(OC(=O)c1cccc(N)c1)C(=O)Nc1cc(OC)cc(OC)c1. The number of carbonyl (C=O) groups is 2. The van der Waals surface area contributed by atoms with Crippen LogP contribution in [-0.2, 0) is 9.53 Å².